The lowest BCUT2D eigenvalue weighted by molar-refractivity contribution is 0.193. The molecular weight excluding hydrogens is 278 g/mol. The van der Waals surface area contributed by atoms with Crippen molar-refractivity contribution < 1.29 is 4.74 Å². The van der Waals surface area contributed by atoms with Gasteiger partial charge in [-0.3, -0.25) is 4.68 Å². The predicted molar refractivity (Wildman–Crippen MR) is 72.6 cm³/mol. The fraction of sp³-hybridized carbons (Fsp3) is 0.455. The van der Waals surface area contributed by atoms with E-state index in [1.165, 1.54) is 11.3 Å². The quantitative estimate of drug-likeness (QED) is 0.755. The van der Waals surface area contributed by atoms with Crippen LogP contribution in [0.2, 0.25) is 0 Å². The molecule has 20 heavy (non-hydrogen) atoms. The van der Waals surface area contributed by atoms with Crippen molar-refractivity contribution in [2.45, 2.75) is 18.9 Å². The SMILES string of the molecule is Nc1cnn(Cc2nn3c(C4CCOC4)nnc3s2)c1. The predicted octanol–water partition coefficient (Wildman–Crippen LogP) is 0.517. The first-order chi connectivity index (χ1) is 9.79. The molecule has 0 bridgehead atoms. The number of hydrogen-bond acceptors (Lipinski definition) is 7. The van der Waals surface area contributed by atoms with Crippen LogP contribution in [0.5, 0.6) is 0 Å². The number of aromatic nitrogens is 6. The molecule has 0 saturated carbocycles. The normalized spacial score (nSPS) is 19.1. The van der Waals surface area contributed by atoms with Crippen LogP contribution >= 0.6 is 11.3 Å². The zero-order valence-corrected chi connectivity index (χ0v) is 11.5. The topological polar surface area (TPSA) is 96.2 Å². The lowest BCUT2D eigenvalue weighted by Crippen LogP contribution is -2.06. The molecule has 3 aromatic rings. The van der Waals surface area contributed by atoms with Crippen LogP contribution in [0, 0.1) is 0 Å². The average Bonchev–Trinajstić information content (AvgIpc) is 3.13. The van der Waals surface area contributed by atoms with E-state index in [1.54, 1.807) is 17.1 Å². The molecule has 104 valence electrons. The van der Waals surface area contributed by atoms with Gasteiger partial charge in [0.2, 0.25) is 4.96 Å². The van der Waals surface area contributed by atoms with Crippen molar-refractivity contribution in [3.8, 4) is 0 Å². The fourth-order valence-electron chi connectivity index (χ4n) is 2.33. The van der Waals surface area contributed by atoms with Crippen LogP contribution in [-0.4, -0.2) is 42.8 Å². The first-order valence-corrected chi connectivity index (χ1v) is 7.18. The summed E-state index contributed by atoms with van der Waals surface area (Å²) in [4.78, 5) is 0.807. The van der Waals surface area contributed by atoms with Gasteiger partial charge >= 0.3 is 0 Å². The molecular formula is C11H13N7OS. The highest BCUT2D eigenvalue weighted by atomic mass is 32.1. The van der Waals surface area contributed by atoms with E-state index in [0.29, 0.717) is 24.8 Å². The number of rotatable bonds is 3. The second kappa shape index (κ2) is 4.53. The lowest BCUT2D eigenvalue weighted by Gasteiger charge is -2.01. The lowest BCUT2D eigenvalue weighted by atomic mass is 10.1. The molecule has 8 nitrogen and oxygen atoms in total. The summed E-state index contributed by atoms with van der Waals surface area (Å²) in [6.45, 7) is 2.07. The maximum Gasteiger partial charge on any atom is 0.234 e. The van der Waals surface area contributed by atoms with Crippen LogP contribution in [0.15, 0.2) is 12.4 Å². The van der Waals surface area contributed by atoms with Crippen LogP contribution in [-0.2, 0) is 11.3 Å². The Hall–Kier alpha value is -2.00. The molecule has 1 aliphatic heterocycles. The highest BCUT2D eigenvalue weighted by Crippen LogP contribution is 2.25. The Morgan fingerprint density at radius 3 is 3.15 bits per heavy atom. The Labute approximate surface area is 118 Å². The summed E-state index contributed by atoms with van der Waals surface area (Å²) in [5.41, 5.74) is 6.30. The average molecular weight is 291 g/mol. The molecule has 3 aromatic heterocycles. The van der Waals surface area contributed by atoms with Crippen molar-refractivity contribution in [1.82, 2.24) is 29.6 Å². The highest BCUT2D eigenvalue weighted by molar-refractivity contribution is 7.16. The van der Waals surface area contributed by atoms with Gasteiger partial charge in [0.15, 0.2) is 5.82 Å². The van der Waals surface area contributed by atoms with E-state index in [2.05, 4.69) is 20.4 Å². The Kier molecular flexibility index (Phi) is 2.67. The molecule has 1 atom stereocenters. The summed E-state index contributed by atoms with van der Waals surface area (Å²) in [5.74, 6) is 1.18. The summed E-state index contributed by atoms with van der Waals surface area (Å²) < 4.78 is 8.99. The third-order valence-electron chi connectivity index (χ3n) is 3.30. The van der Waals surface area contributed by atoms with E-state index in [9.17, 15) is 0 Å². The molecule has 1 fully saturated rings. The van der Waals surface area contributed by atoms with Crippen molar-refractivity contribution in [2.24, 2.45) is 0 Å². The monoisotopic (exact) mass is 291 g/mol. The van der Waals surface area contributed by atoms with Crippen molar-refractivity contribution >= 4 is 22.0 Å². The van der Waals surface area contributed by atoms with Gasteiger partial charge in [0.05, 0.1) is 25.0 Å². The first kappa shape index (κ1) is 11.8. The summed E-state index contributed by atoms with van der Waals surface area (Å²) in [6.07, 6.45) is 4.39. The highest BCUT2D eigenvalue weighted by Gasteiger charge is 2.24. The zero-order valence-electron chi connectivity index (χ0n) is 10.6. The molecule has 0 radical (unpaired) electrons. The van der Waals surface area contributed by atoms with Gasteiger partial charge in [-0.2, -0.15) is 14.7 Å². The van der Waals surface area contributed by atoms with Gasteiger partial charge in [-0.25, -0.2) is 0 Å². The Balaban J connectivity index is 1.65. The summed E-state index contributed by atoms with van der Waals surface area (Å²) in [5, 5.41) is 18.1. The molecule has 0 aromatic carbocycles. The largest absolute Gasteiger partial charge is 0.396 e. The van der Waals surface area contributed by atoms with Gasteiger partial charge in [0.25, 0.3) is 0 Å². The smallest absolute Gasteiger partial charge is 0.234 e. The Morgan fingerprint density at radius 1 is 1.45 bits per heavy atom. The molecule has 0 spiro atoms. The van der Waals surface area contributed by atoms with E-state index in [0.717, 1.165) is 28.8 Å². The molecule has 2 N–H and O–H groups in total. The van der Waals surface area contributed by atoms with Crippen LogP contribution in [0.25, 0.3) is 4.96 Å². The number of hydrogen-bond donors (Lipinski definition) is 1. The van der Waals surface area contributed by atoms with Gasteiger partial charge < -0.3 is 10.5 Å². The number of anilines is 1. The molecule has 0 aliphatic carbocycles. The second-order valence-electron chi connectivity index (χ2n) is 4.78. The van der Waals surface area contributed by atoms with E-state index in [1.807, 2.05) is 4.52 Å². The Morgan fingerprint density at radius 2 is 2.40 bits per heavy atom. The Bertz CT molecular complexity index is 739. The molecule has 9 heteroatoms. The number of ether oxygens (including phenoxy) is 1. The standard InChI is InChI=1S/C11H13N7OS/c12-8-3-13-17(4-8)5-9-16-18-10(7-1-2-19-6-7)14-15-11(18)20-9/h3-4,7H,1-2,5-6,12H2. The third kappa shape index (κ3) is 1.95. The maximum atomic E-state index is 5.65. The molecule has 1 unspecified atom stereocenters. The van der Waals surface area contributed by atoms with Crippen LogP contribution < -0.4 is 5.73 Å². The van der Waals surface area contributed by atoms with Crippen LogP contribution in [0.4, 0.5) is 5.69 Å². The van der Waals surface area contributed by atoms with Gasteiger partial charge in [-0.1, -0.05) is 11.3 Å². The first-order valence-electron chi connectivity index (χ1n) is 6.36. The molecule has 1 aliphatic rings. The minimum Gasteiger partial charge on any atom is -0.396 e. The van der Waals surface area contributed by atoms with E-state index in [4.69, 9.17) is 10.5 Å². The molecule has 4 heterocycles. The van der Waals surface area contributed by atoms with E-state index >= 15 is 0 Å². The molecule has 0 amide bonds. The maximum absolute atomic E-state index is 5.65. The van der Waals surface area contributed by atoms with Gasteiger partial charge in [0, 0.05) is 18.7 Å². The second-order valence-corrected chi connectivity index (χ2v) is 5.82. The van der Waals surface area contributed by atoms with Crippen LogP contribution in [0.3, 0.4) is 0 Å². The number of nitrogens with zero attached hydrogens (tertiary/aromatic N) is 6. The summed E-state index contributed by atoms with van der Waals surface area (Å²) in [7, 11) is 0. The number of nitrogens with two attached hydrogens (primary N) is 1. The zero-order chi connectivity index (χ0) is 13.5. The minimum absolute atomic E-state index is 0.292. The van der Waals surface area contributed by atoms with E-state index in [-0.39, 0.29) is 0 Å². The van der Waals surface area contributed by atoms with Crippen molar-refractivity contribution in [3.05, 3.63) is 23.2 Å². The van der Waals surface area contributed by atoms with Crippen molar-refractivity contribution in [1.29, 1.82) is 0 Å². The van der Waals surface area contributed by atoms with Gasteiger partial charge in [-0.15, -0.1) is 10.2 Å². The minimum atomic E-state index is 0.292. The third-order valence-corrected chi connectivity index (χ3v) is 4.19. The van der Waals surface area contributed by atoms with Crippen LogP contribution in [0.1, 0.15) is 23.2 Å². The van der Waals surface area contributed by atoms with Crippen molar-refractivity contribution in [3.63, 3.8) is 0 Å². The number of nitrogen functional groups attached to an aromatic ring is 1. The summed E-state index contributed by atoms with van der Waals surface area (Å²) >= 11 is 1.52. The fourth-order valence-corrected chi connectivity index (χ4v) is 3.17. The van der Waals surface area contributed by atoms with E-state index < -0.39 is 0 Å². The van der Waals surface area contributed by atoms with Gasteiger partial charge in [0.1, 0.15) is 5.01 Å². The van der Waals surface area contributed by atoms with Gasteiger partial charge in [-0.05, 0) is 6.42 Å². The molecule has 4 rings (SSSR count). The number of fused-ring (bicyclic) bond motifs is 1. The molecule has 1 saturated heterocycles. The van der Waals surface area contributed by atoms with Crippen molar-refractivity contribution in [2.75, 3.05) is 18.9 Å². The summed E-state index contributed by atoms with van der Waals surface area (Å²) in [6, 6.07) is 0.